The molecule has 1 fully saturated rings. The summed E-state index contributed by atoms with van der Waals surface area (Å²) in [6.07, 6.45) is 3.31. The minimum Gasteiger partial charge on any atom is -0.481 e. The van der Waals surface area contributed by atoms with Crippen LogP contribution < -0.4 is 0 Å². The molecule has 3 rings (SSSR count). The molecule has 1 aliphatic rings. The number of nitrogens with one attached hydrogen (secondary N) is 1. The SMILES string of the molecule is O=C(O)C1CN(Cc2cn[nH]n2)CCN(Cc2ccco2)C1. The summed E-state index contributed by atoms with van der Waals surface area (Å²) in [5.74, 6) is -0.338. The Balaban J connectivity index is 1.65. The van der Waals surface area contributed by atoms with Crippen molar-refractivity contribution in [3.8, 4) is 0 Å². The van der Waals surface area contributed by atoms with Gasteiger partial charge in [-0.05, 0) is 12.1 Å². The normalized spacial score (nSPS) is 20.8. The van der Waals surface area contributed by atoms with Crippen molar-refractivity contribution < 1.29 is 14.3 Å². The maximum Gasteiger partial charge on any atom is 0.309 e. The van der Waals surface area contributed by atoms with E-state index < -0.39 is 11.9 Å². The zero-order valence-corrected chi connectivity index (χ0v) is 12.2. The molecule has 0 bridgehead atoms. The van der Waals surface area contributed by atoms with E-state index >= 15 is 0 Å². The van der Waals surface area contributed by atoms with Gasteiger partial charge in [0, 0.05) is 32.7 Å². The number of hydrogen-bond acceptors (Lipinski definition) is 6. The summed E-state index contributed by atoms with van der Waals surface area (Å²) >= 11 is 0. The zero-order chi connectivity index (χ0) is 15.4. The first-order valence-corrected chi connectivity index (χ1v) is 7.25. The molecule has 3 heterocycles. The van der Waals surface area contributed by atoms with Crippen LogP contribution in [-0.4, -0.2) is 62.5 Å². The molecule has 2 N–H and O–H groups in total. The van der Waals surface area contributed by atoms with Gasteiger partial charge < -0.3 is 9.52 Å². The minimum absolute atomic E-state index is 0.427. The monoisotopic (exact) mass is 305 g/mol. The number of carboxylic acid groups (broad SMARTS) is 1. The molecule has 0 aromatic carbocycles. The van der Waals surface area contributed by atoms with Gasteiger partial charge in [0.1, 0.15) is 5.76 Å². The molecule has 22 heavy (non-hydrogen) atoms. The Morgan fingerprint density at radius 3 is 2.73 bits per heavy atom. The molecule has 2 aromatic heterocycles. The largest absolute Gasteiger partial charge is 0.481 e. The fourth-order valence-corrected chi connectivity index (χ4v) is 2.74. The highest BCUT2D eigenvalue weighted by Gasteiger charge is 2.28. The second-order valence-electron chi connectivity index (χ2n) is 5.55. The standard InChI is InChI=1S/C14H19N5O3/c20-14(21)11-7-18(9-12-6-15-17-16-12)3-4-19(8-11)10-13-2-1-5-22-13/h1-2,5-6,11H,3-4,7-10H2,(H,20,21)(H,15,16,17). The molecule has 8 heteroatoms. The Morgan fingerprint density at radius 2 is 2.14 bits per heavy atom. The van der Waals surface area contributed by atoms with E-state index in [1.807, 2.05) is 12.1 Å². The predicted molar refractivity (Wildman–Crippen MR) is 76.8 cm³/mol. The predicted octanol–water partition coefficient (Wildman–Crippen LogP) is 0.416. The molecule has 8 nitrogen and oxygen atoms in total. The molecule has 1 unspecified atom stereocenters. The second-order valence-corrected chi connectivity index (χ2v) is 5.55. The van der Waals surface area contributed by atoms with Gasteiger partial charge in [-0.1, -0.05) is 0 Å². The highest BCUT2D eigenvalue weighted by molar-refractivity contribution is 5.70. The van der Waals surface area contributed by atoms with Crippen molar-refractivity contribution in [1.29, 1.82) is 0 Å². The molecule has 0 radical (unpaired) electrons. The second kappa shape index (κ2) is 6.71. The third kappa shape index (κ3) is 3.71. The first-order chi connectivity index (χ1) is 10.7. The Kier molecular flexibility index (Phi) is 4.50. The molecular weight excluding hydrogens is 286 g/mol. The van der Waals surface area contributed by atoms with Gasteiger partial charge in [0.05, 0.1) is 30.6 Å². The van der Waals surface area contributed by atoms with Gasteiger partial charge in [-0.15, -0.1) is 0 Å². The van der Waals surface area contributed by atoms with Crippen LogP contribution in [0, 0.1) is 5.92 Å². The van der Waals surface area contributed by atoms with E-state index in [9.17, 15) is 9.90 Å². The van der Waals surface area contributed by atoms with E-state index in [1.165, 1.54) is 0 Å². The van der Waals surface area contributed by atoms with Gasteiger partial charge in [-0.2, -0.15) is 15.4 Å². The maximum absolute atomic E-state index is 11.5. The van der Waals surface area contributed by atoms with Crippen molar-refractivity contribution in [3.05, 3.63) is 36.0 Å². The molecule has 2 aromatic rings. The number of carboxylic acids is 1. The maximum atomic E-state index is 11.5. The highest BCUT2D eigenvalue weighted by Crippen LogP contribution is 2.15. The number of nitrogens with zero attached hydrogens (tertiary/aromatic N) is 4. The Hall–Kier alpha value is -2.19. The smallest absolute Gasteiger partial charge is 0.309 e. The van der Waals surface area contributed by atoms with Crippen LogP contribution >= 0.6 is 0 Å². The van der Waals surface area contributed by atoms with E-state index in [4.69, 9.17) is 4.42 Å². The van der Waals surface area contributed by atoms with Crippen LogP contribution in [0.3, 0.4) is 0 Å². The summed E-state index contributed by atoms with van der Waals surface area (Å²) in [6, 6.07) is 3.76. The number of aliphatic carboxylic acids is 1. The summed E-state index contributed by atoms with van der Waals surface area (Å²) in [5.41, 5.74) is 0.823. The molecule has 0 amide bonds. The Labute approximate surface area is 127 Å². The minimum atomic E-state index is -0.767. The molecular formula is C14H19N5O3. The van der Waals surface area contributed by atoms with Crippen LogP contribution in [0.15, 0.2) is 29.0 Å². The van der Waals surface area contributed by atoms with Gasteiger partial charge in [0.25, 0.3) is 0 Å². The average molecular weight is 305 g/mol. The van der Waals surface area contributed by atoms with E-state index in [-0.39, 0.29) is 0 Å². The molecule has 1 aliphatic heterocycles. The summed E-state index contributed by atoms with van der Waals surface area (Å²) < 4.78 is 5.36. The third-order valence-corrected chi connectivity index (χ3v) is 3.85. The lowest BCUT2D eigenvalue weighted by Gasteiger charge is -2.20. The Morgan fingerprint density at radius 1 is 1.36 bits per heavy atom. The number of hydrogen-bond donors (Lipinski definition) is 2. The Bertz CT molecular complexity index is 537. The van der Waals surface area contributed by atoms with Crippen LogP contribution in [0.25, 0.3) is 0 Å². The quantitative estimate of drug-likeness (QED) is 0.825. The van der Waals surface area contributed by atoms with Crippen molar-refractivity contribution in [3.63, 3.8) is 0 Å². The van der Waals surface area contributed by atoms with Crippen LogP contribution in [0.5, 0.6) is 0 Å². The number of H-pyrrole nitrogens is 1. The topological polar surface area (TPSA) is 98.5 Å². The van der Waals surface area contributed by atoms with Crippen LogP contribution in [0.4, 0.5) is 0 Å². The molecule has 1 atom stereocenters. The lowest BCUT2D eigenvalue weighted by molar-refractivity contribution is -0.142. The summed E-state index contributed by atoms with van der Waals surface area (Å²) in [6.45, 7) is 3.85. The molecule has 0 saturated carbocycles. The summed E-state index contributed by atoms with van der Waals surface area (Å²) in [5, 5.41) is 19.8. The van der Waals surface area contributed by atoms with Gasteiger partial charge >= 0.3 is 5.97 Å². The van der Waals surface area contributed by atoms with E-state index in [0.29, 0.717) is 26.2 Å². The summed E-state index contributed by atoms with van der Waals surface area (Å²) in [7, 11) is 0. The third-order valence-electron chi connectivity index (χ3n) is 3.85. The van der Waals surface area contributed by atoms with Gasteiger partial charge in [0.2, 0.25) is 0 Å². The zero-order valence-electron chi connectivity index (χ0n) is 12.2. The molecule has 0 spiro atoms. The van der Waals surface area contributed by atoms with Crippen LogP contribution in [0.2, 0.25) is 0 Å². The van der Waals surface area contributed by atoms with E-state index in [1.54, 1.807) is 12.5 Å². The van der Waals surface area contributed by atoms with E-state index in [0.717, 1.165) is 24.5 Å². The average Bonchev–Trinajstić information content (AvgIpc) is 3.13. The summed E-state index contributed by atoms with van der Waals surface area (Å²) in [4.78, 5) is 15.7. The fourth-order valence-electron chi connectivity index (χ4n) is 2.74. The van der Waals surface area contributed by atoms with Crippen molar-refractivity contribution in [1.82, 2.24) is 25.2 Å². The van der Waals surface area contributed by atoms with Crippen molar-refractivity contribution in [2.24, 2.45) is 5.92 Å². The van der Waals surface area contributed by atoms with Crippen molar-refractivity contribution in [2.75, 3.05) is 26.2 Å². The van der Waals surface area contributed by atoms with E-state index in [2.05, 4.69) is 25.2 Å². The number of furan rings is 1. The first kappa shape index (κ1) is 14.7. The van der Waals surface area contributed by atoms with Crippen LogP contribution in [0.1, 0.15) is 11.5 Å². The van der Waals surface area contributed by atoms with Crippen LogP contribution in [-0.2, 0) is 17.9 Å². The fraction of sp³-hybridized carbons (Fsp3) is 0.500. The number of aromatic nitrogens is 3. The first-order valence-electron chi connectivity index (χ1n) is 7.25. The number of rotatable bonds is 5. The number of aromatic amines is 1. The van der Waals surface area contributed by atoms with Gasteiger partial charge in [-0.25, -0.2) is 0 Å². The van der Waals surface area contributed by atoms with Crippen molar-refractivity contribution in [2.45, 2.75) is 13.1 Å². The molecule has 1 saturated heterocycles. The molecule has 118 valence electrons. The van der Waals surface area contributed by atoms with Gasteiger partial charge in [0.15, 0.2) is 0 Å². The van der Waals surface area contributed by atoms with Crippen molar-refractivity contribution >= 4 is 5.97 Å². The highest BCUT2D eigenvalue weighted by atomic mass is 16.4. The lowest BCUT2D eigenvalue weighted by atomic mass is 10.1. The molecule has 0 aliphatic carbocycles. The van der Waals surface area contributed by atoms with Gasteiger partial charge in [-0.3, -0.25) is 14.6 Å². The lowest BCUT2D eigenvalue weighted by Crippen LogP contribution is -2.34. The number of carbonyl (C=O) groups is 1.